The number of phosphoric acid groups is 1. The van der Waals surface area contributed by atoms with Gasteiger partial charge in [0.25, 0.3) is 7.82 Å². The molecule has 2 unspecified atom stereocenters. The van der Waals surface area contributed by atoms with Crippen molar-refractivity contribution in [1.29, 1.82) is 0 Å². The van der Waals surface area contributed by atoms with E-state index in [9.17, 15) is 14.3 Å². The fourth-order valence-electron chi connectivity index (χ4n) is 7.19. The first kappa shape index (κ1) is 57.2. The van der Waals surface area contributed by atoms with Crippen LogP contribution in [0.15, 0.2) is 12.2 Å². The molecule has 9 heteroatoms. The SMILES string of the molecule is CCCCCCCC/C=C\CCCCCCCCCCOCC(COP(=O)([O-])OCC[N+](C)(C)C)OC(=O)CCCCCCCCCCCCCCCCCCCC. The molecule has 0 saturated carbocycles. The van der Waals surface area contributed by atoms with E-state index in [0.717, 1.165) is 32.1 Å². The second-order valence-electron chi connectivity index (χ2n) is 18.2. The number of nitrogens with zero attached hydrogens (tertiary/aromatic N) is 1. The van der Waals surface area contributed by atoms with Crippen LogP contribution in [0.4, 0.5) is 0 Å². The largest absolute Gasteiger partial charge is 0.756 e. The van der Waals surface area contributed by atoms with Gasteiger partial charge in [-0.05, 0) is 38.5 Å². The molecule has 8 nitrogen and oxygen atoms in total. The van der Waals surface area contributed by atoms with E-state index in [2.05, 4.69) is 26.0 Å². The third-order valence-corrected chi connectivity index (χ3v) is 12.0. The number of quaternary nitrogens is 1. The quantitative estimate of drug-likeness (QED) is 0.0198. The highest BCUT2D eigenvalue weighted by atomic mass is 31.2. The molecule has 0 radical (unpaired) electrons. The first-order chi connectivity index (χ1) is 28.1. The van der Waals surface area contributed by atoms with Crippen LogP contribution in [0.1, 0.15) is 239 Å². The number of ether oxygens (including phenoxy) is 2. The summed E-state index contributed by atoms with van der Waals surface area (Å²) in [6.45, 7) is 5.46. The van der Waals surface area contributed by atoms with Crippen LogP contribution in [0.3, 0.4) is 0 Å². The number of phosphoric ester groups is 1. The van der Waals surface area contributed by atoms with Crippen LogP contribution >= 0.6 is 7.82 Å². The summed E-state index contributed by atoms with van der Waals surface area (Å²) in [5, 5.41) is 0. The molecule has 0 spiro atoms. The van der Waals surface area contributed by atoms with Gasteiger partial charge in [-0.2, -0.15) is 0 Å². The maximum Gasteiger partial charge on any atom is 0.306 e. The zero-order valence-corrected chi connectivity index (χ0v) is 40.2. The van der Waals surface area contributed by atoms with Gasteiger partial charge >= 0.3 is 5.97 Å². The molecular formula is C49H98NO7P. The van der Waals surface area contributed by atoms with Gasteiger partial charge in [0.05, 0.1) is 34.4 Å². The second-order valence-corrected chi connectivity index (χ2v) is 19.6. The molecular weight excluding hydrogens is 746 g/mol. The molecule has 0 aliphatic heterocycles. The standard InChI is InChI=1S/C49H98NO7P/c1-6-8-10-12-14-16-18-20-22-24-26-28-30-32-34-36-38-40-42-49(51)57-48(47-56-58(52,53)55-45-43-50(3,4)5)46-54-44-41-39-37-35-33-31-29-27-25-23-21-19-17-15-13-11-9-7-2/h21,23,48H,6-20,22,24-47H2,1-5H3/b23-21-. The third kappa shape index (κ3) is 46.3. The van der Waals surface area contributed by atoms with Gasteiger partial charge in [0.1, 0.15) is 19.3 Å². The zero-order valence-electron chi connectivity index (χ0n) is 39.3. The predicted molar refractivity (Wildman–Crippen MR) is 245 cm³/mol. The Labute approximate surface area is 360 Å². The minimum Gasteiger partial charge on any atom is -0.756 e. The van der Waals surface area contributed by atoms with Crippen molar-refractivity contribution in [3.05, 3.63) is 12.2 Å². The molecule has 0 aliphatic rings. The molecule has 2 atom stereocenters. The maximum absolute atomic E-state index is 12.7. The summed E-state index contributed by atoms with van der Waals surface area (Å²) in [6, 6.07) is 0. The lowest BCUT2D eigenvalue weighted by molar-refractivity contribution is -0.870. The van der Waals surface area contributed by atoms with Gasteiger partial charge in [0.2, 0.25) is 0 Å². The van der Waals surface area contributed by atoms with Crippen molar-refractivity contribution in [1.82, 2.24) is 0 Å². The Morgan fingerprint density at radius 1 is 0.517 bits per heavy atom. The highest BCUT2D eigenvalue weighted by Gasteiger charge is 2.20. The topological polar surface area (TPSA) is 94.1 Å². The number of unbranched alkanes of at least 4 members (excludes halogenated alkanes) is 31. The number of carbonyl (C=O) groups excluding carboxylic acids is 1. The van der Waals surface area contributed by atoms with Gasteiger partial charge in [-0.25, -0.2) is 0 Å². The molecule has 58 heavy (non-hydrogen) atoms. The average Bonchev–Trinajstić information content (AvgIpc) is 3.18. The molecule has 0 heterocycles. The minimum absolute atomic E-state index is 0.0291. The Bertz CT molecular complexity index is 940. The monoisotopic (exact) mass is 844 g/mol. The van der Waals surface area contributed by atoms with E-state index in [1.165, 1.54) is 186 Å². The first-order valence-corrected chi connectivity index (χ1v) is 26.4. The van der Waals surface area contributed by atoms with Crippen molar-refractivity contribution in [2.75, 3.05) is 54.1 Å². The van der Waals surface area contributed by atoms with Crippen LogP contribution in [-0.2, 0) is 27.9 Å². The molecule has 0 bridgehead atoms. The third-order valence-electron chi connectivity index (χ3n) is 11.1. The van der Waals surface area contributed by atoms with Crippen molar-refractivity contribution < 1.29 is 37.3 Å². The molecule has 0 aliphatic carbocycles. The Balaban J connectivity index is 4.13. The number of esters is 1. The van der Waals surface area contributed by atoms with E-state index >= 15 is 0 Å². The van der Waals surface area contributed by atoms with Crippen LogP contribution in [0, 0.1) is 0 Å². The highest BCUT2D eigenvalue weighted by molar-refractivity contribution is 7.45. The van der Waals surface area contributed by atoms with Gasteiger partial charge in [-0.3, -0.25) is 9.36 Å². The summed E-state index contributed by atoms with van der Waals surface area (Å²) in [6.07, 6.45) is 48.0. The van der Waals surface area contributed by atoms with Gasteiger partial charge in [-0.15, -0.1) is 0 Å². The number of allylic oxidation sites excluding steroid dienone is 2. The lowest BCUT2D eigenvalue weighted by atomic mass is 10.0. The van der Waals surface area contributed by atoms with Gasteiger partial charge < -0.3 is 27.9 Å². The fraction of sp³-hybridized carbons (Fsp3) is 0.939. The maximum atomic E-state index is 12.7. The normalized spacial score (nSPS) is 13.7. The molecule has 0 N–H and O–H groups in total. The Morgan fingerprint density at radius 3 is 1.31 bits per heavy atom. The van der Waals surface area contributed by atoms with Gasteiger partial charge in [-0.1, -0.05) is 206 Å². The number of hydrogen-bond donors (Lipinski definition) is 0. The van der Waals surface area contributed by atoms with Crippen LogP contribution in [0.25, 0.3) is 0 Å². The van der Waals surface area contributed by atoms with Crippen molar-refractivity contribution in [3.8, 4) is 0 Å². The summed E-state index contributed by atoms with van der Waals surface area (Å²) in [4.78, 5) is 25.1. The Kier molecular flexibility index (Phi) is 42.3. The summed E-state index contributed by atoms with van der Waals surface area (Å²) < 4.78 is 34.7. The number of rotatable bonds is 47. The summed E-state index contributed by atoms with van der Waals surface area (Å²) in [5.41, 5.74) is 0. The van der Waals surface area contributed by atoms with E-state index in [1.54, 1.807) is 0 Å². The average molecular weight is 844 g/mol. The molecule has 0 rings (SSSR count). The Morgan fingerprint density at radius 2 is 0.897 bits per heavy atom. The molecule has 0 amide bonds. The zero-order chi connectivity index (χ0) is 42.7. The molecule has 0 aromatic rings. The van der Waals surface area contributed by atoms with E-state index < -0.39 is 13.9 Å². The lowest BCUT2D eigenvalue weighted by Crippen LogP contribution is -2.37. The van der Waals surface area contributed by atoms with E-state index in [0.29, 0.717) is 24.1 Å². The molecule has 0 fully saturated rings. The molecule has 0 aromatic carbocycles. The van der Waals surface area contributed by atoms with E-state index in [4.69, 9.17) is 18.5 Å². The Hall–Kier alpha value is -0.760. The number of carbonyl (C=O) groups is 1. The van der Waals surface area contributed by atoms with Crippen molar-refractivity contribution >= 4 is 13.8 Å². The number of likely N-dealkylation sites (N-methyl/N-ethyl adjacent to an activating group) is 1. The lowest BCUT2D eigenvalue weighted by Gasteiger charge is -2.28. The van der Waals surface area contributed by atoms with Crippen LogP contribution in [0.2, 0.25) is 0 Å². The van der Waals surface area contributed by atoms with E-state index in [1.807, 2.05) is 21.1 Å². The fourth-order valence-corrected chi connectivity index (χ4v) is 7.92. The van der Waals surface area contributed by atoms with Crippen LogP contribution < -0.4 is 4.89 Å². The molecule has 0 aromatic heterocycles. The summed E-state index contributed by atoms with van der Waals surface area (Å²) in [5.74, 6) is -0.329. The van der Waals surface area contributed by atoms with E-state index in [-0.39, 0.29) is 25.8 Å². The van der Waals surface area contributed by atoms with Crippen molar-refractivity contribution in [2.45, 2.75) is 245 Å². The van der Waals surface area contributed by atoms with Crippen LogP contribution in [-0.4, -0.2) is 70.7 Å². The van der Waals surface area contributed by atoms with Crippen molar-refractivity contribution in [2.24, 2.45) is 0 Å². The smallest absolute Gasteiger partial charge is 0.306 e. The first-order valence-electron chi connectivity index (χ1n) is 24.9. The van der Waals surface area contributed by atoms with Gasteiger partial charge in [0.15, 0.2) is 0 Å². The second kappa shape index (κ2) is 42.9. The molecule has 346 valence electrons. The predicted octanol–water partition coefficient (Wildman–Crippen LogP) is 14.4. The van der Waals surface area contributed by atoms with Crippen LogP contribution in [0.5, 0.6) is 0 Å². The minimum atomic E-state index is -4.52. The molecule has 0 saturated heterocycles. The highest BCUT2D eigenvalue weighted by Crippen LogP contribution is 2.38. The summed E-state index contributed by atoms with van der Waals surface area (Å²) >= 11 is 0. The summed E-state index contributed by atoms with van der Waals surface area (Å²) in [7, 11) is 1.37. The van der Waals surface area contributed by atoms with Gasteiger partial charge in [0, 0.05) is 13.0 Å². The number of hydrogen-bond acceptors (Lipinski definition) is 7. The van der Waals surface area contributed by atoms with Crippen molar-refractivity contribution in [3.63, 3.8) is 0 Å².